The molecule has 0 aliphatic rings. The second kappa shape index (κ2) is 9.45. The van der Waals surface area contributed by atoms with Crippen molar-refractivity contribution in [1.29, 1.82) is 0 Å². The molecule has 30 heavy (non-hydrogen) atoms. The van der Waals surface area contributed by atoms with Gasteiger partial charge in [0.05, 0.1) is 10.9 Å². The van der Waals surface area contributed by atoms with E-state index in [0.29, 0.717) is 16.7 Å². The van der Waals surface area contributed by atoms with Gasteiger partial charge in [-0.2, -0.15) is 0 Å². The summed E-state index contributed by atoms with van der Waals surface area (Å²) in [5, 5.41) is 2.74. The first-order chi connectivity index (χ1) is 14.4. The molecule has 0 radical (unpaired) electrons. The molecule has 0 saturated carbocycles. The van der Waals surface area contributed by atoms with E-state index >= 15 is 0 Å². The summed E-state index contributed by atoms with van der Waals surface area (Å²) in [4.78, 5) is 12.7. The molecule has 0 saturated heterocycles. The van der Waals surface area contributed by atoms with Gasteiger partial charge in [-0.15, -0.1) is 0 Å². The highest BCUT2D eigenvalue weighted by molar-refractivity contribution is 7.89. The topological polar surface area (TPSA) is 75.7 Å². The minimum Gasteiger partial charge on any atom is -0.489 e. The zero-order chi connectivity index (χ0) is 21.6. The fraction of sp³-hybridized carbons (Fsp3) is 0.174. The third-order valence-electron chi connectivity index (χ3n) is 4.65. The normalized spacial score (nSPS) is 12.1. The predicted octanol–water partition coefficient (Wildman–Crippen LogP) is 4.36. The lowest BCUT2D eigenvalue weighted by Gasteiger charge is -2.23. The molecule has 0 aliphatic heterocycles. The number of para-hydroxylation sites is 1. The Kier molecular flexibility index (Phi) is 6.74. The Labute approximate surface area is 177 Å². The van der Waals surface area contributed by atoms with Crippen LogP contribution in [0.2, 0.25) is 0 Å². The minimum absolute atomic E-state index is 0.0573. The number of nitrogens with one attached hydrogen (secondary N) is 1. The van der Waals surface area contributed by atoms with Crippen LogP contribution in [0.5, 0.6) is 5.75 Å². The quantitative estimate of drug-likeness (QED) is 0.612. The molecule has 0 heterocycles. The average Bonchev–Trinajstić information content (AvgIpc) is 2.78. The molecular weight excluding hydrogens is 400 g/mol. The van der Waals surface area contributed by atoms with E-state index in [4.69, 9.17) is 4.74 Å². The lowest BCUT2D eigenvalue weighted by atomic mass is 10.1. The number of hydrogen-bond acceptors (Lipinski definition) is 4. The lowest BCUT2D eigenvalue weighted by Crippen LogP contribution is -2.42. The Hall–Kier alpha value is -3.32. The molecule has 1 atom stereocenters. The fourth-order valence-corrected chi connectivity index (χ4v) is 4.01. The summed E-state index contributed by atoms with van der Waals surface area (Å²) in [5.74, 6) is 0.628. The molecule has 6 nitrogen and oxygen atoms in total. The van der Waals surface area contributed by atoms with E-state index in [0.717, 1.165) is 11.1 Å². The molecule has 1 unspecified atom stereocenters. The van der Waals surface area contributed by atoms with Crippen LogP contribution in [0.3, 0.4) is 0 Å². The van der Waals surface area contributed by atoms with Crippen LogP contribution in [0.25, 0.3) is 0 Å². The molecule has 2 amide bonds. The predicted molar refractivity (Wildman–Crippen MR) is 116 cm³/mol. The Morgan fingerprint density at radius 1 is 0.933 bits per heavy atom. The summed E-state index contributed by atoms with van der Waals surface area (Å²) in [6, 6.07) is 23.8. The molecular formula is C23H24N2O4S. The van der Waals surface area contributed by atoms with Crippen molar-refractivity contribution in [3.63, 3.8) is 0 Å². The SMILES string of the molecule is CC(NC(=O)N(C)S(=O)(=O)c1ccccc1)c1ccccc1OCc1ccccc1. The monoisotopic (exact) mass is 424 g/mol. The number of sulfonamides is 1. The maximum Gasteiger partial charge on any atom is 0.331 e. The maximum atomic E-state index is 12.7. The zero-order valence-electron chi connectivity index (χ0n) is 16.9. The van der Waals surface area contributed by atoms with Gasteiger partial charge in [0.2, 0.25) is 0 Å². The van der Waals surface area contributed by atoms with E-state index in [1.165, 1.54) is 19.2 Å². The van der Waals surface area contributed by atoms with Crippen molar-refractivity contribution in [2.75, 3.05) is 7.05 Å². The maximum absolute atomic E-state index is 12.7. The summed E-state index contributed by atoms with van der Waals surface area (Å²) >= 11 is 0. The smallest absolute Gasteiger partial charge is 0.331 e. The van der Waals surface area contributed by atoms with E-state index in [9.17, 15) is 13.2 Å². The van der Waals surface area contributed by atoms with E-state index < -0.39 is 22.1 Å². The molecule has 0 spiro atoms. The summed E-state index contributed by atoms with van der Waals surface area (Å²) in [5.41, 5.74) is 1.78. The van der Waals surface area contributed by atoms with Gasteiger partial charge < -0.3 is 10.1 Å². The zero-order valence-corrected chi connectivity index (χ0v) is 17.7. The highest BCUT2D eigenvalue weighted by atomic mass is 32.2. The van der Waals surface area contributed by atoms with Crippen LogP contribution in [-0.2, 0) is 16.6 Å². The van der Waals surface area contributed by atoms with E-state index in [-0.39, 0.29) is 4.90 Å². The molecule has 0 aliphatic carbocycles. The second-order valence-corrected chi connectivity index (χ2v) is 8.74. The van der Waals surface area contributed by atoms with Crippen molar-refractivity contribution in [2.24, 2.45) is 0 Å². The second-order valence-electron chi connectivity index (χ2n) is 6.77. The van der Waals surface area contributed by atoms with Crippen LogP contribution in [0, 0.1) is 0 Å². The van der Waals surface area contributed by atoms with Gasteiger partial charge in [0.25, 0.3) is 10.0 Å². The van der Waals surface area contributed by atoms with E-state index in [2.05, 4.69) is 5.32 Å². The van der Waals surface area contributed by atoms with Gasteiger partial charge in [-0.3, -0.25) is 0 Å². The Bertz CT molecular complexity index is 1090. The molecule has 0 bridgehead atoms. The highest BCUT2D eigenvalue weighted by Crippen LogP contribution is 2.26. The van der Waals surface area contributed by atoms with Crippen molar-refractivity contribution in [2.45, 2.75) is 24.5 Å². The van der Waals surface area contributed by atoms with Crippen LogP contribution in [-0.4, -0.2) is 25.8 Å². The van der Waals surface area contributed by atoms with Crippen molar-refractivity contribution >= 4 is 16.1 Å². The molecule has 156 valence electrons. The van der Waals surface area contributed by atoms with E-state index in [1.54, 1.807) is 25.1 Å². The van der Waals surface area contributed by atoms with Crippen molar-refractivity contribution in [3.05, 3.63) is 96.1 Å². The van der Waals surface area contributed by atoms with Gasteiger partial charge in [0.15, 0.2) is 0 Å². The molecule has 3 rings (SSSR count). The van der Waals surface area contributed by atoms with Crippen molar-refractivity contribution in [3.8, 4) is 5.75 Å². The van der Waals surface area contributed by atoms with Crippen LogP contribution in [0.1, 0.15) is 24.1 Å². The van der Waals surface area contributed by atoms with Gasteiger partial charge in [-0.05, 0) is 30.7 Å². The van der Waals surface area contributed by atoms with Crippen molar-refractivity contribution < 1.29 is 17.9 Å². The minimum atomic E-state index is -3.93. The van der Waals surface area contributed by atoms with Gasteiger partial charge in [0.1, 0.15) is 12.4 Å². The number of carbonyl (C=O) groups is 1. The van der Waals surface area contributed by atoms with Crippen LogP contribution in [0.15, 0.2) is 89.8 Å². The fourth-order valence-electron chi connectivity index (χ4n) is 2.92. The Morgan fingerprint density at radius 2 is 1.50 bits per heavy atom. The first kappa shape index (κ1) is 21.4. The first-order valence-corrected chi connectivity index (χ1v) is 10.9. The summed E-state index contributed by atoms with van der Waals surface area (Å²) in [6.07, 6.45) is 0. The van der Waals surface area contributed by atoms with E-state index in [1.807, 2.05) is 54.6 Å². The molecule has 3 aromatic carbocycles. The number of nitrogens with zero attached hydrogens (tertiary/aromatic N) is 1. The van der Waals surface area contributed by atoms with Crippen LogP contribution >= 0.6 is 0 Å². The molecule has 7 heteroatoms. The molecule has 0 aromatic heterocycles. The third kappa shape index (κ3) is 4.99. The van der Waals surface area contributed by atoms with Gasteiger partial charge >= 0.3 is 6.03 Å². The van der Waals surface area contributed by atoms with Gasteiger partial charge in [-0.1, -0.05) is 66.7 Å². The number of carbonyl (C=O) groups excluding carboxylic acids is 1. The number of urea groups is 1. The number of benzene rings is 3. The third-order valence-corrected chi connectivity index (χ3v) is 6.41. The summed E-state index contributed by atoms with van der Waals surface area (Å²) in [6.45, 7) is 2.17. The van der Waals surface area contributed by atoms with Gasteiger partial charge in [-0.25, -0.2) is 17.5 Å². The number of hydrogen-bond donors (Lipinski definition) is 1. The van der Waals surface area contributed by atoms with Crippen molar-refractivity contribution in [1.82, 2.24) is 9.62 Å². The number of amides is 2. The number of rotatable bonds is 7. The van der Waals surface area contributed by atoms with Crippen LogP contribution < -0.4 is 10.1 Å². The van der Waals surface area contributed by atoms with Gasteiger partial charge in [0, 0.05) is 12.6 Å². The van der Waals surface area contributed by atoms with Crippen LogP contribution in [0.4, 0.5) is 4.79 Å². The lowest BCUT2D eigenvalue weighted by molar-refractivity contribution is 0.224. The molecule has 0 fully saturated rings. The summed E-state index contributed by atoms with van der Waals surface area (Å²) in [7, 11) is -2.69. The first-order valence-electron chi connectivity index (χ1n) is 9.49. The number of ether oxygens (including phenoxy) is 1. The largest absolute Gasteiger partial charge is 0.489 e. The highest BCUT2D eigenvalue weighted by Gasteiger charge is 2.27. The average molecular weight is 425 g/mol. The Balaban J connectivity index is 1.71. The molecule has 3 aromatic rings. The Morgan fingerprint density at radius 3 is 2.17 bits per heavy atom. The molecule has 1 N–H and O–H groups in total. The summed E-state index contributed by atoms with van der Waals surface area (Å²) < 4.78 is 32.0. The standard InChI is InChI=1S/C23H24N2O4S/c1-18(24-23(26)25(2)30(27,28)20-13-7-4-8-14-20)21-15-9-10-16-22(21)29-17-19-11-5-3-6-12-19/h3-16,18H,17H2,1-2H3,(H,24,26).